The molecule has 7 aromatic rings. The van der Waals surface area contributed by atoms with Crippen LogP contribution in [0.1, 0.15) is 61.5 Å². The van der Waals surface area contributed by atoms with E-state index in [1.807, 2.05) is 120 Å². The number of anilines is 2. The van der Waals surface area contributed by atoms with Crippen LogP contribution in [0.25, 0.3) is 11.3 Å². The lowest BCUT2D eigenvalue weighted by molar-refractivity contribution is 0.0193. The molecule has 1 saturated heterocycles. The van der Waals surface area contributed by atoms with E-state index in [9.17, 15) is 4.57 Å². The highest BCUT2D eigenvalue weighted by molar-refractivity contribution is 7.48. The van der Waals surface area contributed by atoms with Crippen molar-refractivity contribution in [1.82, 2.24) is 14.4 Å². The number of carbonyl (C=O) groups is 2. The van der Waals surface area contributed by atoms with Gasteiger partial charge in [-0.2, -0.15) is 0 Å². The molecule has 0 bridgehead atoms. The number of nitrogens with zero attached hydrogens (tertiary/aromatic N) is 4. The Morgan fingerprint density at radius 3 is 1.97 bits per heavy atom. The maximum atomic E-state index is 15.5. The molecule has 14 heteroatoms. The Labute approximate surface area is 413 Å². The molecule has 1 fully saturated rings. The number of hydrogen-bond acceptors (Lipinski definition) is 10. The summed E-state index contributed by atoms with van der Waals surface area (Å²) in [5, 5.41) is 0. The minimum atomic E-state index is -4.16. The van der Waals surface area contributed by atoms with Crippen LogP contribution in [-0.2, 0) is 57.5 Å². The number of benzene rings is 6. The zero-order valence-electron chi connectivity index (χ0n) is 39.4. The van der Waals surface area contributed by atoms with E-state index in [2.05, 4.69) is 27.7 Å². The van der Waals surface area contributed by atoms with Gasteiger partial charge in [-0.05, 0) is 103 Å². The molecule has 0 radical (unpaired) electrons. The first kappa shape index (κ1) is 46.4. The van der Waals surface area contributed by atoms with Crippen molar-refractivity contribution in [2.24, 2.45) is 0 Å². The van der Waals surface area contributed by atoms with E-state index in [-0.39, 0.29) is 43.6 Å². The molecule has 0 unspecified atom stereocenters. The number of rotatable bonds is 15. The molecule has 0 saturated carbocycles. The fourth-order valence-corrected chi connectivity index (χ4v) is 11.2. The summed E-state index contributed by atoms with van der Waals surface area (Å²) in [5.41, 5.74) is 8.62. The maximum Gasteiger partial charge on any atom is 0.530 e. The average molecular weight is 971 g/mol. The summed E-state index contributed by atoms with van der Waals surface area (Å²) in [6, 6.07) is 49.2. The van der Waals surface area contributed by atoms with Gasteiger partial charge < -0.3 is 28.2 Å². The second-order valence-electron chi connectivity index (χ2n) is 18.2. The first-order valence-electron chi connectivity index (χ1n) is 24.4. The summed E-state index contributed by atoms with van der Waals surface area (Å²) >= 11 is 0. The number of hydrogen-bond donors (Lipinski definition) is 0. The Morgan fingerprint density at radius 2 is 1.28 bits per heavy atom. The molecule has 5 heterocycles. The van der Waals surface area contributed by atoms with Crippen molar-refractivity contribution in [3.63, 3.8) is 0 Å². The summed E-state index contributed by atoms with van der Waals surface area (Å²) in [5.74, 6) is 0.978. The summed E-state index contributed by atoms with van der Waals surface area (Å²) < 4.78 is 52.0. The summed E-state index contributed by atoms with van der Waals surface area (Å²) in [7, 11) is -4.16. The maximum absolute atomic E-state index is 15.5. The Kier molecular flexibility index (Phi) is 13.6. The first-order valence-corrected chi connectivity index (χ1v) is 25.8. The number of fused-ring (bicyclic) bond motifs is 3. The van der Waals surface area contributed by atoms with Gasteiger partial charge in [-0.25, -0.2) is 4.57 Å². The third kappa shape index (κ3) is 10.2. The number of morpholine rings is 1. The zero-order chi connectivity index (χ0) is 48.2. The molecule has 1 atom stereocenters. The second-order valence-corrected chi connectivity index (χ2v) is 19.8. The summed E-state index contributed by atoms with van der Waals surface area (Å²) in [4.78, 5) is 37.0. The van der Waals surface area contributed by atoms with Crippen LogP contribution in [0, 0.1) is 0 Å². The molecular weight excluding hydrogens is 916 g/mol. The highest BCUT2D eigenvalue weighted by Gasteiger charge is 2.37. The van der Waals surface area contributed by atoms with Crippen LogP contribution < -0.4 is 18.9 Å². The lowest BCUT2D eigenvalue weighted by Crippen LogP contribution is -2.52. The average Bonchev–Trinajstić information content (AvgIpc) is 4.06. The zero-order valence-corrected chi connectivity index (χ0v) is 40.3. The van der Waals surface area contributed by atoms with E-state index in [1.165, 1.54) is 5.56 Å². The van der Waals surface area contributed by atoms with E-state index >= 15 is 9.59 Å². The monoisotopic (exact) mass is 970 g/mol. The molecule has 13 nitrogen and oxygen atoms in total. The van der Waals surface area contributed by atoms with Gasteiger partial charge in [0, 0.05) is 67.1 Å². The van der Waals surface area contributed by atoms with Crippen molar-refractivity contribution in [3.05, 3.63) is 197 Å². The van der Waals surface area contributed by atoms with Gasteiger partial charge in [0.1, 0.15) is 5.75 Å². The minimum absolute atomic E-state index is 0.00932. The van der Waals surface area contributed by atoms with Crippen LogP contribution in [0.15, 0.2) is 158 Å². The van der Waals surface area contributed by atoms with Gasteiger partial charge in [0.2, 0.25) is 6.79 Å². The summed E-state index contributed by atoms with van der Waals surface area (Å²) in [6.45, 7) is 4.92. The van der Waals surface area contributed by atoms with Gasteiger partial charge in [0.25, 0.3) is 11.8 Å². The van der Waals surface area contributed by atoms with Crippen molar-refractivity contribution >= 4 is 31.0 Å². The Hall–Kier alpha value is -6.99. The van der Waals surface area contributed by atoms with Crippen molar-refractivity contribution < 1.29 is 41.9 Å². The van der Waals surface area contributed by atoms with E-state index in [0.717, 1.165) is 67.0 Å². The normalized spacial score (nSPS) is 16.5. The molecule has 6 aromatic carbocycles. The van der Waals surface area contributed by atoms with Crippen molar-refractivity contribution in [2.45, 2.75) is 58.0 Å². The quantitative estimate of drug-likeness (QED) is 0.0918. The number of carbonyl (C=O) groups excluding carboxylic acids is 2. The Morgan fingerprint density at radius 1 is 0.662 bits per heavy atom. The topological polar surface area (TPSA) is 121 Å². The SMILES string of the molecule is O=C(c1cc(-c2cc3c(cc2C(=O)N2Cc4ccccc4C[C@H]2CN2CCOCC2)OCO3)n2c1CCCC2)N(c1ccccc1)c1ccc(OP(=O)(OCc2ccccc2)OCc2ccccc2)cc1. The molecule has 0 aliphatic carbocycles. The molecule has 0 N–H and O–H groups in total. The third-order valence-electron chi connectivity index (χ3n) is 13.7. The van der Waals surface area contributed by atoms with Crippen molar-refractivity contribution in [3.8, 4) is 28.5 Å². The highest BCUT2D eigenvalue weighted by Crippen LogP contribution is 2.51. The largest absolute Gasteiger partial charge is 0.530 e. The Bertz CT molecular complexity index is 3010. The van der Waals surface area contributed by atoms with Crippen LogP contribution in [0.2, 0.25) is 0 Å². The molecule has 4 aliphatic heterocycles. The number of amides is 2. The van der Waals surface area contributed by atoms with Crippen molar-refractivity contribution in [2.75, 3.05) is 44.5 Å². The van der Waals surface area contributed by atoms with E-state index in [0.29, 0.717) is 72.3 Å². The van der Waals surface area contributed by atoms with Gasteiger partial charge in [-0.3, -0.25) is 28.4 Å². The van der Waals surface area contributed by atoms with Crippen LogP contribution in [-0.4, -0.2) is 71.9 Å². The van der Waals surface area contributed by atoms with Crippen LogP contribution in [0.5, 0.6) is 17.2 Å². The number of aromatic nitrogens is 1. The molecule has 11 rings (SSSR count). The van der Waals surface area contributed by atoms with Crippen LogP contribution >= 0.6 is 7.82 Å². The minimum Gasteiger partial charge on any atom is -0.454 e. The molecule has 1 aromatic heterocycles. The molecule has 362 valence electrons. The van der Waals surface area contributed by atoms with E-state index < -0.39 is 7.82 Å². The number of para-hydroxylation sites is 1. The number of ether oxygens (including phenoxy) is 3. The highest BCUT2D eigenvalue weighted by atomic mass is 31.2. The Balaban J connectivity index is 0.929. The fraction of sp³-hybridized carbons (Fsp3) is 0.263. The number of phosphoric acid groups is 1. The molecule has 2 amide bonds. The van der Waals surface area contributed by atoms with Gasteiger partial charge in [0.15, 0.2) is 11.5 Å². The van der Waals surface area contributed by atoms with E-state index in [4.69, 9.17) is 27.8 Å². The predicted molar refractivity (Wildman–Crippen MR) is 270 cm³/mol. The van der Waals surface area contributed by atoms with Gasteiger partial charge in [-0.15, -0.1) is 0 Å². The molecule has 71 heavy (non-hydrogen) atoms. The van der Waals surface area contributed by atoms with Gasteiger partial charge in [-0.1, -0.05) is 103 Å². The van der Waals surface area contributed by atoms with Gasteiger partial charge >= 0.3 is 7.82 Å². The summed E-state index contributed by atoms with van der Waals surface area (Å²) in [6.07, 6.45) is 3.24. The number of phosphoric ester groups is 1. The standard InChI is InChI=1S/C57H55N4O9P/c62-56(60-36-44-19-11-10-18-43(44)32-47(60)37-58-28-30-65-31-29-58)50-35-55-54(66-40-67-55)34-49(50)53-33-51(52-22-12-13-27-59(52)53)57(63)61(45-20-8-3-9-21-45)46-23-25-48(26-24-46)70-71(64,68-38-41-14-4-1-5-15-41)69-39-42-16-6-2-7-17-42/h1-11,14-21,23-26,33-35,47H,12-13,22,27-32,36-40H2/t47-/m0/s1. The molecular formula is C57H55N4O9P. The lowest BCUT2D eigenvalue weighted by atomic mass is 9.92. The molecule has 0 spiro atoms. The van der Waals surface area contributed by atoms with E-state index in [1.54, 1.807) is 29.2 Å². The second kappa shape index (κ2) is 20.8. The molecule has 4 aliphatic rings. The van der Waals surface area contributed by atoms with Gasteiger partial charge in [0.05, 0.1) is 37.6 Å². The third-order valence-corrected chi connectivity index (χ3v) is 15.0. The first-order chi connectivity index (χ1) is 34.9. The fourth-order valence-electron chi connectivity index (χ4n) is 10.1. The van der Waals surface area contributed by atoms with Crippen molar-refractivity contribution in [1.29, 1.82) is 0 Å². The lowest BCUT2D eigenvalue weighted by Gasteiger charge is -2.40. The predicted octanol–water partition coefficient (Wildman–Crippen LogP) is 11.0. The van der Waals surface area contributed by atoms with Crippen LogP contribution in [0.4, 0.5) is 11.4 Å². The van der Waals surface area contributed by atoms with Crippen LogP contribution in [0.3, 0.4) is 0 Å². The smallest absolute Gasteiger partial charge is 0.454 e.